The molecular weight excluding hydrogens is 340 g/mol. The molecule has 1 aromatic heterocycles. The van der Waals surface area contributed by atoms with E-state index in [2.05, 4.69) is 20.9 Å². The molecule has 1 unspecified atom stereocenters. The van der Waals surface area contributed by atoms with Gasteiger partial charge >= 0.3 is 0 Å². The number of ether oxygens (including phenoxy) is 1. The first-order valence-corrected chi connectivity index (χ1v) is 7.46. The van der Waals surface area contributed by atoms with Crippen LogP contribution >= 0.6 is 27.5 Å². The third kappa shape index (κ3) is 3.72. The molecule has 0 aliphatic carbocycles. The summed E-state index contributed by atoms with van der Waals surface area (Å²) in [6, 6.07) is 7.31. The maximum absolute atomic E-state index is 6.27. The largest absolute Gasteiger partial charge is 0.489 e. The molecule has 5 heteroatoms. The minimum atomic E-state index is -0.288. The molecule has 2 N–H and O–H groups in total. The van der Waals surface area contributed by atoms with Crippen molar-refractivity contribution in [2.45, 2.75) is 26.0 Å². The number of hydrogen-bond donors (Lipinski definition) is 1. The van der Waals surface area contributed by atoms with E-state index in [1.54, 1.807) is 12.4 Å². The Morgan fingerprint density at radius 1 is 1.20 bits per heavy atom. The maximum Gasteiger partial charge on any atom is 0.138 e. The zero-order valence-corrected chi connectivity index (χ0v) is 13.6. The molecule has 0 spiro atoms. The second kappa shape index (κ2) is 6.57. The van der Waals surface area contributed by atoms with E-state index in [0.29, 0.717) is 5.02 Å². The molecule has 0 saturated heterocycles. The lowest BCUT2D eigenvalue weighted by molar-refractivity contribution is 0.241. The zero-order chi connectivity index (χ0) is 14.7. The normalized spacial score (nSPS) is 12.5. The fourth-order valence-corrected chi connectivity index (χ4v) is 2.28. The molecule has 20 heavy (non-hydrogen) atoms. The van der Waals surface area contributed by atoms with Crippen molar-refractivity contribution in [3.8, 4) is 5.75 Å². The predicted molar refractivity (Wildman–Crippen MR) is 85.2 cm³/mol. The van der Waals surface area contributed by atoms with Crippen LogP contribution < -0.4 is 10.5 Å². The highest BCUT2D eigenvalue weighted by molar-refractivity contribution is 9.10. The fourth-order valence-electron chi connectivity index (χ4n) is 1.84. The number of benzene rings is 1. The summed E-state index contributed by atoms with van der Waals surface area (Å²) in [6.45, 7) is 3.95. The SMILES string of the molecule is CC(C)Oc1cncc(C(N)c2ccc(Br)c(Cl)c2)c1. The summed E-state index contributed by atoms with van der Waals surface area (Å²) in [6.07, 6.45) is 3.53. The van der Waals surface area contributed by atoms with Crippen molar-refractivity contribution in [3.05, 3.63) is 57.3 Å². The molecule has 1 aromatic carbocycles. The van der Waals surface area contributed by atoms with Crippen molar-refractivity contribution in [2.75, 3.05) is 0 Å². The average molecular weight is 356 g/mol. The molecule has 106 valence electrons. The molecule has 0 aliphatic rings. The van der Waals surface area contributed by atoms with Crippen LogP contribution in [0.1, 0.15) is 31.0 Å². The zero-order valence-electron chi connectivity index (χ0n) is 11.3. The van der Waals surface area contributed by atoms with Gasteiger partial charge in [-0.15, -0.1) is 0 Å². The molecule has 0 fully saturated rings. The van der Waals surface area contributed by atoms with Crippen LogP contribution in [0.2, 0.25) is 5.02 Å². The number of pyridine rings is 1. The minimum absolute atomic E-state index is 0.102. The van der Waals surface area contributed by atoms with Crippen molar-refractivity contribution in [2.24, 2.45) is 5.73 Å². The summed E-state index contributed by atoms with van der Waals surface area (Å²) in [5.74, 6) is 0.719. The Morgan fingerprint density at radius 3 is 2.60 bits per heavy atom. The monoisotopic (exact) mass is 354 g/mol. The number of halogens is 2. The van der Waals surface area contributed by atoms with Crippen LogP contribution in [0.4, 0.5) is 0 Å². The maximum atomic E-state index is 6.27. The summed E-state index contributed by atoms with van der Waals surface area (Å²) >= 11 is 9.47. The van der Waals surface area contributed by atoms with E-state index in [1.807, 2.05) is 38.1 Å². The number of aromatic nitrogens is 1. The van der Waals surface area contributed by atoms with Crippen molar-refractivity contribution in [3.63, 3.8) is 0 Å². The second-order valence-electron chi connectivity index (χ2n) is 4.77. The topological polar surface area (TPSA) is 48.1 Å². The highest BCUT2D eigenvalue weighted by atomic mass is 79.9. The van der Waals surface area contributed by atoms with Gasteiger partial charge in [-0.05, 0) is 59.1 Å². The Balaban J connectivity index is 2.28. The highest BCUT2D eigenvalue weighted by Gasteiger charge is 2.12. The molecule has 2 rings (SSSR count). The number of nitrogens with zero attached hydrogens (tertiary/aromatic N) is 1. The Kier molecular flexibility index (Phi) is 5.02. The lowest BCUT2D eigenvalue weighted by Crippen LogP contribution is -2.13. The third-order valence-electron chi connectivity index (χ3n) is 2.77. The smallest absolute Gasteiger partial charge is 0.138 e. The molecule has 1 heterocycles. The first-order chi connectivity index (χ1) is 9.47. The van der Waals surface area contributed by atoms with Crippen LogP contribution in [0.25, 0.3) is 0 Å². The molecule has 2 aromatic rings. The number of nitrogens with two attached hydrogens (primary N) is 1. The van der Waals surface area contributed by atoms with E-state index in [1.165, 1.54) is 0 Å². The van der Waals surface area contributed by atoms with Gasteiger partial charge in [-0.3, -0.25) is 4.98 Å². The first-order valence-electron chi connectivity index (χ1n) is 6.29. The molecule has 0 bridgehead atoms. The molecule has 1 atom stereocenters. The van der Waals surface area contributed by atoms with Crippen LogP contribution in [-0.2, 0) is 0 Å². The molecule has 0 amide bonds. The summed E-state index contributed by atoms with van der Waals surface area (Å²) in [5, 5.41) is 0.639. The van der Waals surface area contributed by atoms with E-state index in [-0.39, 0.29) is 12.1 Å². The Labute approximate surface area is 132 Å². The first kappa shape index (κ1) is 15.3. The van der Waals surface area contributed by atoms with Crippen LogP contribution in [0.5, 0.6) is 5.75 Å². The van der Waals surface area contributed by atoms with Crippen LogP contribution in [-0.4, -0.2) is 11.1 Å². The van der Waals surface area contributed by atoms with Gasteiger partial charge in [0, 0.05) is 10.7 Å². The third-order valence-corrected chi connectivity index (χ3v) is 4.00. The molecule has 0 aliphatic heterocycles. The molecule has 3 nitrogen and oxygen atoms in total. The van der Waals surface area contributed by atoms with Crippen LogP contribution in [0.15, 0.2) is 41.1 Å². The predicted octanol–water partition coefficient (Wildman–Crippen LogP) is 4.33. The number of hydrogen-bond acceptors (Lipinski definition) is 3. The average Bonchev–Trinajstić information content (AvgIpc) is 2.40. The Bertz CT molecular complexity index is 604. The van der Waals surface area contributed by atoms with Crippen molar-refractivity contribution in [1.82, 2.24) is 4.98 Å². The van der Waals surface area contributed by atoms with Crippen molar-refractivity contribution >= 4 is 27.5 Å². The van der Waals surface area contributed by atoms with Crippen LogP contribution in [0, 0.1) is 0 Å². The summed E-state index contributed by atoms with van der Waals surface area (Å²) in [4.78, 5) is 4.18. The van der Waals surface area contributed by atoms with Gasteiger partial charge < -0.3 is 10.5 Å². The Morgan fingerprint density at radius 2 is 1.95 bits per heavy atom. The van der Waals surface area contributed by atoms with E-state index in [4.69, 9.17) is 22.1 Å². The molecular formula is C15H16BrClN2O. The standard InChI is InChI=1S/C15H16BrClN2O/c1-9(2)20-12-5-11(7-19-8-12)15(18)10-3-4-13(16)14(17)6-10/h3-9,15H,18H2,1-2H3. The summed E-state index contributed by atoms with van der Waals surface area (Å²) in [7, 11) is 0. The van der Waals surface area contributed by atoms with Gasteiger partial charge in [0.15, 0.2) is 0 Å². The second-order valence-corrected chi connectivity index (χ2v) is 6.03. The van der Waals surface area contributed by atoms with Crippen molar-refractivity contribution in [1.29, 1.82) is 0 Å². The quantitative estimate of drug-likeness (QED) is 0.888. The lowest BCUT2D eigenvalue weighted by Gasteiger charge is -2.15. The molecule has 0 radical (unpaired) electrons. The van der Waals surface area contributed by atoms with E-state index >= 15 is 0 Å². The summed E-state index contributed by atoms with van der Waals surface area (Å²) in [5.41, 5.74) is 8.09. The van der Waals surface area contributed by atoms with Gasteiger partial charge in [0.05, 0.1) is 23.4 Å². The van der Waals surface area contributed by atoms with Gasteiger partial charge in [-0.25, -0.2) is 0 Å². The van der Waals surface area contributed by atoms with Gasteiger partial charge in [0.2, 0.25) is 0 Å². The summed E-state index contributed by atoms with van der Waals surface area (Å²) < 4.78 is 6.48. The van der Waals surface area contributed by atoms with Gasteiger partial charge in [0.25, 0.3) is 0 Å². The lowest BCUT2D eigenvalue weighted by atomic mass is 10.0. The highest BCUT2D eigenvalue weighted by Crippen LogP contribution is 2.28. The minimum Gasteiger partial charge on any atom is -0.489 e. The van der Waals surface area contributed by atoms with E-state index < -0.39 is 0 Å². The van der Waals surface area contributed by atoms with Crippen LogP contribution in [0.3, 0.4) is 0 Å². The van der Waals surface area contributed by atoms with Gasteiger partial charge in [-0.1, -0.05) is 17.7 Å². The van der Waals surface area contributed by atoms with Gasteiger partial charge in [-0.2, -0.15) is 0 Å². The van der Waals surface area contributed by atoms with E-state index in [9.17, 15) is 0 Å². The fraction of sp³-hybridized carbons (Fsp3) is 0.267. The van der Waals surface area contributed by atoms with Crippen molar-refractivity contribution < 1.29 is 4.74 Å². The molecule has 0 saturated carbocycles. The Hall–Kier alpha value is -1.10. The van der Waals surface area contributed by atoms with Gasteiger partial charge in [0.1, 0.15) is 5.75 Å². The number of rotatable bonds is 4. The van der Waals surface area contributed by atoms with E-state index in [0.717, 1.165) is 21.3 Å².